The van der Waals surface area contributed by atoms with Crippen LogP contribution in [0, 0.1) is 29.6 Å². The predicted molar refractivity (Wildman–Crippen MR) is 80.8 cm³/mol. The van der Waals surface area contributed by atoms with Gasteiger partial charge in [0.2, 0.25) is 0 Å². The first-order valence-electron chi connectivity index (χ1n) is 8.34. The van der Waals surface area contributed by atoms with E-state index in [1.54, 1.807) is 12.5 Å². The molecule has 2 heterocycles. The minimum atomic E-state index is -0.300. The number of rotatable bonds is 3. The summed E-state index contributed by atoms with van der Waals surface area (Å²) in [5, 5.41) is 0. The highest BCUT2D eigenvalue weighted by molar-refractivity contribution is 5.68. The highest BCUT2D eigenvalue weighted by Gasteiger charge is 2.50. The number of hydrogen-bond donors (Lipinski definition) is 2. The fourth-order valence-electron chi connectivity index (χ4n) is 5.48. The van der Waals surface area contributed by atoms with Crippen molar-refractivity contribution >= 4 is 11.2 Å². The normalized spacial score (nSPS) is 37.6. The van der Waals surface area contributed by atoms with Crippen molar-refractivity contribution in [2.24, 2.45) is 35.3 Å². The summed E-state index contributed by atoms with van der Waals surface area (Å²) in [6, 6.07) is 0.348. The molecule has 116 valence electrons. The van der Waals surface area contributed by atoms with Gasteiger partial charge in [-0.25, -0.2) is 9.97 Å². The van der Waals surface area contributed by atoms with Crippen LogP contribution in [0.5, 0.6) is 6.01 Å². The average molecular weight is 299 g/mol. The molecule has 2 aromatic heterocycles. The van der Waals surface area contributed by atoms with E-state index in [0.717, 1.165) is 29.2 Å². The van der Waals surface area contributed by atoms with Crippen molar-refractivity contribution in [2.75, 3.05) is 0 Å². The zero-order valence-electron chi connectivity index (χ0n) is 12.5. The highest BCUT2D eigenvalue weighted by atomic mass is 16.5. The molecule has 6 rings (SSSR count). The molecule has 22 heavy (non-hydrogen) atoms. The van der Waals surface area contributed by atoms with Gasteiger partial charge in [0.15, 0.2) is 11.9 Å². The van der Waals surface area contributed by atoms with Gasteiger partial charge in [-0.05, 0) is 55.8 Å². The van der Waals surface area contributed by atoms with Crippen molar-refractivity contribution in [3.63, 3.8) is 0 Å². The first-order chi connectivity index (χ1) is 10.8. The molecule has 0 aromatic carbocycles. The summed E-state index contributed by atoms with van der Waals surface area (Å²) in [6.45, 7) is 0. The number of aromatic nitrogens is 4. The van der Waals surface area contributed by atoms with E-state index >= 15 is 0 Å². The van der Waals surface area contributed by atoms with Gasteiger partial charge in [0.05, 0.1) is 12.5 Å². The molecule has 4 saturated carbocycles. The van der Waals surface area contributed by atoms with Crippen LogP contribution in [0.15, 0.2) is 12.5 Å². The second-order valence-electron chi connectivity index (χ2n) is 7.38. The molecular weight excluding hydrogens is 278 g/mol. The van der Waals surface area contributed by atoms with E-state index in [1.807, 2.05) is 0 Å². The van der Waals surface area contributed by atoms with Gasteiger partial charge < -0.3 is 9.72 Å². The number of aromatic amines is 1. The molecule has 0 aliphatic heterocycles. The molecule has 0 radical (unpaired) electrons. The van der Waals surface area contributed by atoms with Crippen LogP contribution in [-0.2, 0) is 0 Å². The van der Waals surface area contributed by atoms with Gasteiger partial charge in [-0.1, -0.05) is 0 Å². The lowest BCUT2D eigenvalue weighted by Crippen LogP contribution is -2.53. The van der Waals surface area contributed by atoms with E-state index < -0.39 is 0 Å². The first-order valence-corrected chi connectivity index (χ1v) is 8.34. The monoisotopic (exact) mass is 299 g/mol. The van der Waals surface area contributed by atoms with Crippen molar-refractivity contribution in [3.05, 3.63) is 12.5 Å². The maximum Gasteiger partial charge on any atom is 0.320 e. The molecule has 4 aliphatic rings. The average Bonchev–Trinajstić information content (AvgIpc) is 2.93. The molecule has 3 N–H and O–H groups in total. The maximum absolute atomic E-state index is 6.42. The zero-order chi connectivity index (χ0) is 14.7. The lowest BCUT2D eigenvalue weighted by Gasteiger charge is -2.55. The number of imidazole rings is 1. The fourth-order valence-corrected chi connectivity index (χ4v) is 5.48. The zero-order valence-corrected chi connectivity index (χ0v) is 12.5. The minimum absolute atomic E-state index is 0.300. The molecule has 4 fully saturated rings. The van der Waals surface area contributed by atoms with Crippen LogP contribution < -0.4 is 10.5 Å². The molecule has 1 atom stereocenters. The van der Waals surface area contributed by atoms with Crippen molar-refractivity contribution in [1.82, 2.24) is 19.9 Å². The minimum Gasteiger partial charge on any atom is -0.444 e. The number of fused-ring (bicyclic) bond motifs is 1. The number of hydrogen-bond acceptors (Lipinski definition) is 5. The van der Waals surface area contributed by atoms with Crippen molar-refractivity contribution in [3.8, 4) is 6.01 Å². The van der Waals surface area contributed by atoms with Crippen LogP contribution in [0.4, 0.5) is 0 Å². The first kappa shape index (κ1) is 12.8. The number of ether oxygens (including phenoxy) is 1. The molecular formula is C16H21N5O. The summed E-state index contributed by atoms with van der Waals surface area (Å²) in [5.41, 5.74) is 7.86. The Bertz CT molecular complexity index is 671. The Balaban J connectivity index is 1.36. The number of nitrogens with two attached hydrogens (primary N) is 1. The molecule has 4 bridgehead atoms. The lowest BCUT2D eigenvalue weighted by atomic mass is 9.51. The fraction of sp³-hybridized carbons (Fsp3) is 0.688. The summed E-state index contributed by atoms with van der Waals surface area (Å²) in [6.07, 6.45) is 9.83. The van der Waals surface area contributed by atoms with Crippen molar-refractivity contribution < 1.29 is 4.74 Å². The third-order valence-corrected chi connectivity index (χ3v) is 6.07. The van der Waals surface area contributed by atoms with E-state index in [2.05, 4.69) is 19.9 Å². The lowest BCUT2D eigenvalue weighted by molar-refractivity contribution is -0.0818. The summed E-state index contributed by atoms with van der Waals surface area (Å²) in [7, 11) is 0. The van der Waals surface area contributed by atoms with Crippen LogP contribution in [0.3, 0.4) is 0 Å². The second-order valence-corrected chi connectivity index (χ2v) is 7.38. The van der Waals surface area contributed by atoms with Crippen LogP contribution in [-0.4, -0.2) is 26.2 Å². The summed E-state index contributed by atoms with van der Waals surface area (Å²) in [4.78, 5) is 15.7. The molecule has 6 heteroatoms. The van der Waals surface area contributed by atoms with Crippen molar-refractivity contribution in [1.29, 1.82) is 0 Å². The van der Waals surface area contributed by atoms with Gasteiger partial charge in [0.1, 0.15) is 5.52 Å². The van der Waals surface area contributed by atoms with E-state index in [0.29, 0.717) is 17.6 Å². The Morgan fingerprint density at radius 2 is 1.82 bits per heavy atom. The van der Waals surface area contributed by atoms with Crippen LogP contribution in [0.2, 0.25) is 0 Å². The van der Waals surface area contributed by atoms with Crippen LogP contribution in [0.1, 0.15) is 32.1 Å². The topological polar surface area (TPSA) is 89.7 Å². The van der Waals surface area contributed by atoms with E-state index in [1.165, 1.54) is 32.1 Å². The van der Waals surface area contributed by atoms with Gasteiger partial charge in [-0.15, -0.1) is 0 Å². The third kappa shape index (κ3) is 1.93. The van der Waals surface area contributed by atoms with Crippen LogP contribution in [0.25, 0.3) is 11.2 Å². The summed E-state index contributed by atoms with van der Waals surface area (Å²) < 4.78 is 5.92. The second kappa shape index (κ2) is 4.65. The Labute approximate surface area is 128 Å². The molecule has 0 saturated heterocycles. The van der Waals surface area contributed by atoms with E-state index in [4.69, 9.17) is 10.5 Å². The Morgan fingerprint density at radius 3 is 2.55 bits per heavy atom. The quantitative estimate of drug-likeness (QED) is 0.847. The molecule has 2 aromatic rings. The van der Waals surface area contributed by atoms with E-state index in [9.17, 15) is 0 Å². The van der Waals surface area contributed by atoms with Gasteiger partial charge in [0.25, 0.3) is 0 Å². The van der Waals surface area contributed by atoms with Crippen molar-refractivity contribution in [2.45, 2.75) is 38.3 Å². The number of H-pyrrole nitrogens is 1. The molecule has 4 aliphatic carbocycles. The van der Waals surface area contributed by atoms with E-state index in [-0.39, 0.29) is 6.23 Å². The third-order valence-electron chi connectivity index (χ3n) is 6.07. The largest absolute Gasteiger partial charge is 0.444 e. The summed E-state index contributed by atoms with van der Waals surface area (Å²) in [5.74, 6) is 3.83. The molecule has 0 spiro atoms. The summed E-state index contributed by atoms with van der Waals surface area (Å²) >= 11 is 0. The highest BCUT2D eigenvalue weighted by Crippen LogP contribution is 2.57. The van der Waals surface area contributed by atoms with Gasteiger partial charge in [-0.2, -0.15) is 4.98 Å². The molecule has 6 nitrogen and oxygen atoms in total. The molecule has 0 amide bonds. The number of nitrogens with zero attached hydrogens (tertiary/aromatic N) is 3. The molecule has 1 unspecified atom stereocenters. The van der Waals surface area contributed by atoms with Gasteiger partial charge >= 0.3 is 6.01 Å². The van der Waals surface area contributed by atoms with Crippen LogP contribution >= 0.6 is 0 Å². The SMILES string of the molecule is NC(Oc1ncc2[nH]cnc2n1)C1C2CC3CC(C2)CC1C3. The smallest absolute Gasteiger partial charge is 0.320 e. The van der Waals surface area contributed by atoms with Gasteiger partial charge in [0, 0.05) is 5.92 Å². The Kier molecular flexibility index (Phi) is 2.71. The number of nitrogens with one attached hydrogen (secondary N) is 1. The predicted octanol–water partition coefficient (Wildman–Crippen LogP) is 2.09. The maximum atomic E-state index is 6.42. The Hall–Kier alpha value is -1.69. The standard InChI is InChI=1S/C16H21N5O/c17-14(22-16-18-6-12-15(21-16)20-7-19-12)13-10-2-8-1-9(4-10)5-11(13)3-8/h6-11,13-14H,1-5,17H2,(H,18,19,20,21). The Morgan fingerprint density at radius 1 is 1.09 bits per heavy atom. The van der Waals surface area contributed by atoms with Gasteiger partial charge in [-0.3, -0.25) is 5.73 Å².